The van der Waals surface area contributed by atoms with Gasteiger partial charge in [0, 0.05) is 24.7 Å². The van der Waals surface area contributed by atoms with Crippen LogP contribution < -0.4 is 5.73 Å². The van der Waals surface area contributed by atoms with Crippen LogP contribution in [0.2, 0.25) is 0 Å². The lowest BCUT2D eigenvalue weighted by atomic mass is 10.1. The van der Waals surface area contributed by atoms with E-state index in [2.05, 4.69) is 65.5 Å². The van der Waals surface area contributed by atoms with E-state index in [0.717, 1.165) is 25.0 Å². The number of fused-ring (bicyclic) bond motifs is 1. The molecule has 0 fully saturated rings. The number of nitrogens with zero attached hydrogens (tertiary/aromatic N) is 2. The highest BCUT2D eigenvalue weighted by Crippen LogP contribution is 2.18. The van der Waals surface area contributed by atoms with E-state index in [9.17, 15) is 0 Å². The average Bonchev–Trinajstić information content (AvgIpc) is 2.56. The maximum atomic E-state index is 5.65. The lowest BCUT2D eigenvalue weighted by Gasteiger charge is -2.18. The van der Waals surface area contributed by atoms with Gasteiger partial charge in [0.2, 0.25) is 0 Å². The average molecular weight is 305 g/mol. The maximum Gasteiger partial charge on any atom is 0.0705 e. The molecule has 3 rings (SSSR count). The summed E-state index contributed by atoms with van der Waals surface area (Å²) in [6, 6.07) is 19.2. The normalized spacial score (nSPS) is 11.3. The summed E-state index contributed by atoms with van der Waals surface area (Å²) in [4.78, 5) is 6.77. The van der Waals surface area contributed by atoms with Crippen LogP contribution in [0.4, 0.5) is 0 Å². The van der Waals surface area contributed by atoms with Gasteiger partial charge in [0.25, 0.3) is 0 Å². The summed E-state index contributed by atoms with van der Waals surface area (Å²) < 4.78 is 0. The molecule has 3 heteroatoms. The predicted molar refractivity (Wildman–Crippen MR) is 96.1 cm³/mol. The zero-order valence-electron chi connectivity index (χ0n) is 13.6. The van der Waals surface area contributed by atoms with Gasteiger partial charge in [0.15, 0.2) is 0 Å². The summed E-state index contributed by atoms with van der Waals surface area (Å²) in [6.07, 6.45) is 2.78. The topological polar surface area (TPSA) is 42.1 Å². The molecule has 0 aliphatic carbocycles. The standard InChI is InChI=1S/C20H23N3/c1-23(14-17-6-2-5-16(13-17)10-11-21)15-18-7-3-9-20-19(18)8-4-12-22-20/h2-9,12-13H,10-11,14-15,21H2,1H3. The predicted octanol–water partition coefficient (Wildman–Crippen LogP) is 3.37. The fourth-order valence-corrected chi connectivity index (χ4v) is 3.01. The molecule has 0 atom stereocenters. The largest absolute Gasteiger partial charge is 0.330 e. The van der Waals surface area contributed by atoms with Crippen LogP contribution in [0.5, 0.6) is 0 Å². The number of aromatic nitrogens is 1. The van der Waals surface area contributed by atoms with Gasteiger partial charge in [0.1, 0.15) is 0 Å². The summed E-state index contributed by atoms with van der Waals surface area (Å²) in [5.74, 6) is 0. The van der Waals surface area contributed by atoms with E-state index in [0.29, 0.717) is 6.54 Å². The van der Waals surface area contributed by atoms with Gasteiger partial charge >= 0.3 is 0 Å². The lowest BCUT2D eigenvalue weighted by molar-refractivity contribution is 0.320. The van der Waals surface area contributed by atoms with Crippen LogP contribution in [0.1, 0.15) is 16.7 Å². The molecule has 2 N–H and O–H groups in total. The molecule has 0 radical (unpaired) electrons. The number of rotatable bonds is 6. The second-order valence-corrected chi connectivity index (χ2v) is 6.02. The molecule has 0 aliphatic rings. The molecular formula is C20H23N3. The van der Waals surface area contributed by atoms with Crippen molar-refractivity contribution < 1.29 is 0 Å². The van der Waals surface area contributed by atoms with Gasteiger partial charge < -0.3 is 5.73 Å². The molecule has 0 saturated heterocycles. The summed E-state index contributed by atoms with van der Waals surface area (Å²) in [5.41, 5.74) is 10.7. The molecule has 0 bridgehead atoms. The Morgan fingerprint density at radius 1 is 0.957 bits per heavy atom. The van der Waals surface area contributed by atoms with Crippen molar-refractivity contribution in [3.63, 3.8) is 0 Å². The summed E-state index contributed by atoms with van der Waals surface area (Å²) in [6.45, 7) is 2.53. The quantitative estimate of drug-likeness (QED) is 0.759. The van der Waals surface area contributed by atoms with Crippen LogP contribution in [0.3, 0.4) is 0 Å². The first-order valence-corrected chi connectivity index (χ1v) is 8.05. The molecule has 23 heavy (non-hydrogen) atoms. The monoisotopic (exact) mass is 305 g/mol. The number of benzene rings is 2. The minimum Gasteiger partial charge on any atom is -0.330 e. The Bertz CT molecular complexity index is 777. The summed E-state index contributed by atoms with van der Waals surface area (Å²) in [7, 11) is 2.16. The van der Waals surface area contributed by atoms with Gasteiger partial charge in [-0.25, -0.2) is 0 Å². The third-order valence-corrected chi connectivity index (χ3v) is 4.05. The Balaban J connectivity index is 1.73. The number of pyridine rings is 1. The molecule has 0 aliphatic heterocycles. The van der Waals surface area contributed by atoms with Crippen LogP contribution in [-0.2, 0) is 19.5 Å². The third-order valence-electron chi connectivity index (χ3n) is 4.05. The molecule has 0 spiro atoms. The molecule has 1 aromatic heterocycles. The smallest absolute Gasteiger partial charge is 0.0705 e. The van der Waals surface area contributed by atoms with Gasteiger partial charge in [-0.2, -0.15) is 0 Å². The molecule has 0 amide bonds. The SMILES string of the molecule is CN(Cc1cccc(CCN)c1)Cc1cccc2ncccc12. The molecule has 2 aromatic carbocycles. The molecular weight excluding hydrogens is 282 g/mol. The van der Waals surface area contributed by atoms with Crippen molar-refractivity contribution in [1.29, 1.82) is 0 Å². The van der Waals surface area contributed by atoms with Crippen LogP contribution >= 0.6 is 0 Å². The van der Waals surface area contributed by atoms with Crippen LogP contribution in [0.15, 0.2) is 60.8 Å². The Kier molecular flexibility index (Phi) is 5.01. The molecule has 0 saturated carbocycles. The molecule has 3 nitrogen and oxygen atoms in total. The van der Waals surface area contributed by atoms with Crippen LogP contribution in [-0.4, -0.2) is 23.5 Å². The van der Waals surface area contributed by atoms with Crippen molar-refractivity contribution in [3.8, 4) is 0 Å². The molecule has 1 heterocycles. The highest BCUT2D eigenvalue weighted by atomic mass is 15.1. The van der Waals surface area contributed by atoms with Crippen molar-refractivity contribution in [3.05, 3.63) is 77.5 Å². The second-order valence-electron chi connectivity index (χ2n) is 6.02. The van der Waals surface area contributed by atoms with Gasteiger partial charge in [0.05, 0.1) is 5.52 Å². The highest BCUT2D eigenvalue weighted by Gasteiger charge is 2.06. The van der Waals surface area contributed by atoms with Gasteiger partial charge in [-0.3, -0.25) is 9.88 Å². The zero-order valence-corrected chi connectivity index (χ0v) is 13.6. The number of hydrogen-bond donors (Lipinski definition) is 1. The van der Waals surface area contributed by atoms with Gasteiger partial charge in [-0.05, 0) is 48.8 Å². The van der Waals surface area contributed by atoms with E-state index in [1.807, 2.05) is 12.3 Å². The van der Waals surface area contributed by atoms with E-state index in [1.54, 1.807) is 0 Å². The Hall–Kier alpha value is -2.23. The number of hydrogen-bond acceptors (Lipinski definition) is 3. The molecule has 3 aromatic rings. The lowest BCUT2D eigenvalue weighted by Crippen LogP contribution is -2.17. The van der Waals surface area contributed by atoms with E-state index < -0.39 is 0 Å². The first-order chi connectivity index (χ1) is 11.3. The summed E-state index contributed by atoms with van der Waals surface area (Å²) >= 11 is 0. The Morgan fingerprint density at radius 2 is 1.78 bits per heavy atom. The Labute approximate surface area is 137 Å². The van der Waals surface area contributed by atoms with E-state index in [1.165, 1.54) is 22.1 Å². The second kappa shape index (κ2) is 7.36. The first-order valence-electron chi connectivity index (χ1n) is 8.05. The van der Waals surface area contributed by atoms with E-state index >= 15 is 0 Å². The highest BCUT2D eigenvalue weighted by molar-refractivity contribution is 5.81. The van der Waals surface area contributed by atoms with Crippen molar-refractivity contribution >= 4 is 10.9 Å². The Morgan fingerprint density at radius 3 is 2.65 bits per heavy atom. The fraction of sp³-hybridized carbons (Fsp3) is 0.250. The fourth-order valence-electron chi connectivity index (χ4n) is 3.01. The van der Waals surface area contributed by atoms with Crippen molar-refractivity contribution in [2.75, 3.05) is 13.6 Å². The van der Waals surface area contributed by atoms with Crippen molar-refractivity contribution in [1.82, 2.24) is 9.88 Å². The van der Waals surface area contributed by atoms with Crippen LogP contribution in [0.25, 0.3) is 10.9 Å². The minimum absolute atomic E-state index is 0.697. The summed E-state index contributed by atoms with van der Waals surface area (Å²) in [5, 5.41) is 1.23. The maximum absolute atomic E-state index is 5.65. The van der Waals surface area contributed by atoms with E-state index in [4.69, 9.17) is 5.73 Å². The molecule has 118 valence electrons. The zero-order chi connectivity index (χ0) is 16.1. The van der Waals surface area contributed by atoms with E-state index in [-0.39, 0.29) is 0 Å². The minimum atomic E-state index is 0.697. The third kappa shape index (κ3) is 3.95. The van der Waals surface area contributed by atoms with Crippen molar-refractivity contribution in [2.24, 2.45) is 5.73 Å². The first kappa shape index (κ1) is 15.7. The molecule has 0 unspecified atom stereocenters. The van der Waals surface area contributed by atoms with Crippen molar-refractivity contribution in [2.45, 2.75) is 19.5 Å². The van der Waals surface area contributed by atoms with Gasteiger partial charge in [-0.1, -0.05) is 42.5 Å². The van der Waals surface area contributed by atoms with Crippen LogP contribution in [0, 0.1) is 0 Å². The number of nitrogens with two attached hydrogens (primary N) is 1. The van der Waals surface area contributed by atoms with Gasteiger partial charge in [-0.15, -0.1) is 0 Å².